The number of hydrogen-bond donors (Lipinski definition) is 2. The Hall–Kier alpha value is -4.84. The third kappa shape index (κ3) is 8.56. The second kappa shape index (κ2) is 16.5. The minimum atomic E-state index is -0.376. The second-order valence-corrected chi connectivity index (χ2v) is 13.2. The average Bonchev–Trinajstić information content (AvgIpc) is 3.69. The van der Waals surface area contributed by atoms with Crippen LogP contribution in [0.4, 0.5) is 10.1 Å². The van der Waals surface area contributed by atoms with Gasteiger partial charge in [0.05, 0.1) is 29.7 Å². The van der Waals surface area contributed by atoms with Crippen LogP contribution in [0.2, 0.25) is 5.02 Å². The number of aryl methyl sites for hydroxylation is 2. The molecule has 6 aromatic rings. The lowest BCUT2D eigenvalue weighted by molar-refractivity contribution is 0.112. The molecule has 10 nitrogen and oxygen atoms in total. The van der Waals surface area contributed by atoms with Crippen molar-refractivity contribution >= 4 is 45.5 Å². The fraction of sp³-hybridized carbons (Fsp3) is 0.333. The van der Waals surface area contributed by atoms with E-state index >= 15 is 0 Å². The number of nitrogens with one attached hydrogen (secondary N) is 2. The molecule has 3 aromatic carbocycles. The number of nitrogens with zero attached hydrogens (tertiary/aromatic N) is 5. The number of H-pyrrole nitrogens is 1. The minimum Gasteiger partial charge on any atom is -0.473 e. The maximum absolute atomic E-state index is 14.1. The molecule has 12 heteroatoms. The molecule has 0 bridgehead atoms. The summed E-state index contributed by atoms with van der Waals surface area (Å²) in [5.41, 5.74) is 8.34. The van der Waals surface area contributed by atoms with Crippen LogP contribution in [0.1, 0.15) is 57.5 Å². The van der Waals surface area contributed by atoms with Crippen molar-refractivity contribution in [2.45, 2.75) is 52.3 Å². The molecule has 0 amide bonds. The van der Waals surface area contributed by atoms with Gasteiger partial charge in [-0.2, -0.15) is 5.10 Å². The van der Waals surface area contributed by atoms with E-state index in [9.17, 15) is 9.18 Å². The number of aldehydes is 1. The Kier molecular flexibility index (Phi) is 11.6. The number of methoxy groups -OCH3 is 1. The lowest BCUT2D eigenvalue weighted by Crippen LogP contribution is -2.33. The molecule has 2 N–H and O–H groups in total. The maximum atomic E-state index is 14.1. The lowest BCUT2D eigenvalue weighted by Gasteiger charge is -2.31. The van der Waals surface area contributed by atoms with Gasteiger partial charge in [0.25, 0.3) is 0 Å². The van der Waals surface area contributed by atoms with Crippen molar-refractivity contribution in [3.8, 4) is 5.88 Å². The van der Waals surface area contributed by atoms with Gasteiger partial charge in [-0.1, -0.05) is 23.7 Å². The van der Waals surface area contributed by atoms with Gasteiger partial charge in [0, 0.05) is 71.3 Å². The summed E-state index contributed by atoms with van der Waals surface area (Å²) in [6.45, 7) is 8.14. The molecule has 0 saturated carbocycles. The summed E-state index contributed by atoms with van der Waals surface area (Å²) in [5, 5.41) is 11.6. The number of aromatic nitrogens is 5. The molecule has 0 radical (unpaired) electrons. The molecule has 1 fully saturated rings. The van der Waals surface area contributed by atoms with Crippen molar-refractivity contribution < 1.29 is 18.7 Å². The number of carbonyl (C=O) groups is 1. The predicted octanol–water partition coefficient (Wildman–Crippen LogP) is 7.86. The van der Waals surface area contributed by atoms with Gasteiger partial charge in [0.2, 0.25) is 5.88 Å². The molecular weight excluding hydrogens is 669 g/mol. The normalized spacial score (nSPS) is 13.7. The molecule has 266 valence electrons. The Morgan fingerprint density at radius 1 is 1.06 bits per heavy atom. The maximum Gasteiger partial charge on any atom is 0.213 e. The first kappa shape index (κ1) is 36.0. The van der Waals surface area contributed by atoms with Crippen LogP contribution in [-0.2, 0) is 24.4 Å². The van der Waals surface area contributed by atoms with E-state index in [0.29, 0.717) is 34.6 Å². The van der Waals surface area contributed by atoms with Gasteiger partial charge >= 0.3 is 0 Å². The minimum absolute atomic E-state index is 0.109. The zero-order chi connectivity index (χ0) is 35.9. The highest BCUT2D eigenvalue weighted by Crippen LogP contribution is 2.30. The lowest BCUT2D eigenvalue weighted by atomic mass is 9.93. The number of halogens is 2. The molecule has 51 heavy (non-hydrogen) atoms. The molecule has 4 heterocycles. The average molecular weight is 712 g/mol. The first-order valence-electron chi connectivity index (χ1n) is 17.1. The molecule has 0 spiro atoms. The fourth-order valence-electron chi connectivity index (χ4n) is 6.51. The first-order valence-corrected chi connectivity index (χ1v) is 17.5. The molecule has 1 aliphatic rings. The van der Waals surface area contributed by atoms with E-state index in [1.165, 1.54) is 6.07 Å². The van der Waals surface area contributed by atoms with Crippen LogP contribution in [0.3, 0.4) is 0 Å². The molecule has 0 unspecified atom stereocenters. The number of imidazole rings is 1. The standard InChI is InChI=1S/C29H33ClFN5O2.C10H10N2O/c1-32-23-8-9-27-26(17-23)33-28(36(27)14-15-37-2)18-35-12-10-20(11-13-35)25-4-3-5-29(34-25)38-19-21-6-7-22(30)16-24(21)31;1-6-3-8(5-13)4-9-7(2)11-12-10(6)9/h3-9,16-17,20,32H,10-15,18-19H2,1-2H3;3-5H,1-2H3,(H,11,12). The van der Waals surface area contributed by atoms with Crippen LogP contribution >= 0.6 is 11.6 Å². The highest BCUT2D eigenvalue weighted by molar-refractivity contribution is 6.30. The highest BCUT2D eigenvalue weighted by atomic mass is 35.5. The number of anilines is 1. The molecular formula is C39H43ClFN7O3. The summed E-state index contributed by atoms with van der Waals surface area (Å²) in [4.78, 5) is 22.8. The highest BCUT2D eigenvalue weighted by Gasteiger charge is 2.24. The summed E-state index contributed by atoms with van der Waals surface area (Å²) in [6.07, 6.45) is 2.87. The zero-order valence-electron chi connectivity index (χ0n) is 29.4. The summed E-state index contributed by atoms with van der Waals surface area (Å²) in [6, 6.07) is 20.4. The van der Waals surface area contributed by atoms with Crippen molar-refractivity contribution in [2.24, 2.45) is 0 Å². The molecule has 1 saturated heterocycles. The monoisotopic (exact) mass is 711 g/mol. The van der Waals surface area contributed by atoms with Crippen molar-refractivity contribution in [1.29, 1.82) is 0 Å². The van der Waals surface area contributed by atoms with Gasteiger partial charge in [0.1, 0.15) is 24.5 Å². The van der Waals surface area contributed by atoms with Gasteiger partial charge in [-0.15, -0.1) is 0 Å². The van der Waals surface area contributed by atoms with Gasteiger partial charge in [0.15, 0.2) is 0 Å². The Balaban J connectivity index is 0.000000288. The van der Waals surface area contributed by atoms with Crippen LogP contribution in [0, 0.1) is 19.7 Å². The van der Waals surface area contributed by atoms with E-state index in [1.807, 2.05) is 45.2 Å². The number of benzene rings is 3. The van der Waals surface area contributed by atoms with Gasteiger partial charge in [-0.05, 0) is 93.9 Å². The van der Waals surface area contributed by atoms with Crippen LogP contribution in [0.25, 0.3) is 21.9 Å². The number of hydrogen-bond acceptors (Lipinski definition) is 8. The third-order valence-corrected chi connectivity index (χ3v) is 9.58. The second-order valence-electron chi connectivity index (χ2n) is 12.8. The number of pyridine rings is 1. The number of piperidine rings is 1. The number of rotatable bonds is 11. The number of aromatic amines is 1. The summed E-state index contributed by atoms with van der Waals surface area (Å²) >= 11 is 5.85. The summed E-state index contributed by atoms with van der Waals surface area (Å²) in [5.74, 6) is 1.55. The summed E-state index contributed by atoms with van der Waals surface area (Å²) < 4.78 is 27.5. The predicted molar refractivity (Wildman–Crippen MR) is 199 cm³/mol. The number of likely N-dealkylation sites (tertiary alicyclic amines) is 1. The molecule has 3 aromatic heterocycles. The first-order chi connectivity index (χ1) is 24.8. The van der Waals surface area contributed by atoms with Crippen molar-refractivity contribution in [3.05, 3.63) is 111 Å². The third-order valence-electron chi connectivity index (χ3n) is 9.34. The Bertz CT molecular complexity index is 2120. The zero-order valence-corrected chi connectivity index (χ0v) is 30.1. The van der Waals surface area contributed by atoms with E-state index in [4.69, 9.17) is 31.0 Å². The number of ether oxygens (including phenoxy) is 2. The largest absolute Gasteiger partial charge is 0.473 e. The van der Waals surface area contributed by atoms with Crippen LogP contribution in [0.5, 0.6) is 5.88 Å². The van der Waals surface area contributed by atoms with Gasteiger partial charge in [-0.25, -0.2) is 14.4 Å². The number of fused-ring (bicyclic) bond motifs is 2. The molecule has 0 atom stereocenters. The van der Waals surface area contributed by atoms with E-state index in [-0.39, 0.29) is 12.4 Å². The van der Waals surface area contributed by atoms with Crippen molar-refractivity contribution in [2.75, 3.05) is 39.2 Å². The number of carbonyl (C=O) groups excluding carboxylic acids is 1. The Labute approximate surface area is 301 Å². The van der Waals surface area contributed by atoms with E-state index in [0.717, 1.165) is 95.7 Å². The van der Waals surface area contributed by atoms with E-state index in [1.54, 1.807) is 19.2 Å². The van der Waals surface area contributed by atoms with Crippen molar-refractivity contribution in [3.63, 3.8) is 0 Å². The fourth-order valence-corrected chi connectivity index (χ4v) is 6.67. The van der Waals surface area contributed by atoms with Gasteiger partial charge < -0.3 is 19.4 Å². The Morgan fingerprint density at radius 3 is 2.63 bits per heavy atom. The van der Waals surface area contributed by atoms with Crippen LogP contribution in [-0.4, -0.2) is 69.8 Å². The van der Waals surface area contributed by atoms with Crippen LogP contribution < -0.4 is 10.1 Å². The van der Waals surface area contributed by atoms with Gasteiger partial charge in [-0.3, -0.25) is 14.8 Å². The SMILES string of the molecule is CNc1ccc2c(c1)nc(CN1CCC(c3cccc(OCc4ccc(Cl)cc4F)n3)CC1)n2CCOC.Cc1[nH]nc2c(C)cc(C=O)cc12. The summed E-state index contributed by atoms with van der Waals surface area (Å²) in [7, 11) is 3.65. The molecule has 1 aliphatic heterocycles. The quantitative estimate of drug-likeness (QED) is 0.131. The van der Waals surface area contributed by atoms with Crippen molar-refractivity contribution in [1.82, 2.24) is 29.6 Å². The molecule has 0 aliphatic carbocycles. The Morgan fingerprint density at radius 2 is 1.88 bits per heavy atom. The van der Waals surface area contributed by atoms with E-state index in [2.05, 4.69) is 49.2 Å². The molecule has 7 rings (SSSR count). The topological polar surface area (TPSA) is 110 Å². The van der Waals surface area contributed by atoms with E-state index < -0.39 is 0 Å². The van der Waals surface area contributed by atoms with Crippen LogP contribution in [0.15, 0.2) is 66.7 Å². The smallest absolute Gasteiger partial charge is 0.213 e.